The van der Waals surface area contributed by atoms with Crippen molar-refractivity contribution in [1.82, 2.24) is 10.2 Å². The fourth-order valence-corrected chi connectivity index (χ4v) is 4.01. The zero-order chi connectivity index (χ0) is 21.1. The molecule has 3 amide bonds. The van der Waals surface area contributed by atoms with Gasteiger partial charge in [0.2, 0.25) is 0 Å². The van der Waals surface area contributed by atoms with Gasteiger partial charge in [-0.25, -0.2) is 4.79 Å². The fraction of sp³-hybridized carbons (Fsp3) is 0.200. The van der Waals surface area contributed by atoms with Crippen LogP contribution in [0.25, 0.3) is 0 Å². The monoisotopic (exact) mass is 400 g/mol. The Morgan fingerprint density at radius 1 is 0.933 bits per heavy atom. The molecule has 152 valence electrons. The molecule has 1 saturated heterocycles. The number of benzene rings is 3. The third-order valence-corrected chi connectivity index (χ3v) is 5.52. The summed E-state index contributed by atoms with van der Waals surface area (Å²) >= 11 is 0. The van der Waals surface area contributed by atoms with E-state index in [-0.39, 0.29) is 12.5 Å². The highest BCUT2D eigenvalue weighted by molar-refractivity contribution is 6.07. The van der Waals surface area contributed by atoms with Crippen LogP contribution in [0.5, 0.6) is 5.75 Å². The number of ether oxygens (including phenoxy) is 1. The van der Waals surface area contributed by atoms with Crippen LogP contribution in [-0.4, -0.2) is 23.9 Å². The van der Waals surface area contributed by atoms with Crippen molar-refractivity contribution in [3.05, 3.63) is 101 Å². The van der Waals surface area contributed by atoms with Gasteiger partial charge in [0.25, 0.3) is 5.91 Å². The minimum atomic E-state index is -1.14. The first kappa shape index (κ1) is 19.7. The van der Waals surface area contributed by atoms with E-state index in [1.807, 2.05) is 85.8 Å². The summed E-state index contributed by atoms with van der Waals surface area (Å²) in [6.07, 6.45) is 0.379. The molecule has 3 aromatic carbocycles. The summed E-state index contributed by atoms with van der Waals surface area (Å²) < 4.78 is 5.44. The summed E-state index contributed by atoms with van der Waals surface area (Å²) in [5.74, 6) is 0.396. The van der Waals surface area contributed by atoms with Crippen LogP contribution in [-0.2, 0) is 23.3 Å². The van der Waals surface area contributed by atoms with Gasteiger partial charge in [-0.3, -0.25) is 9.69 Å². The molecule has 1 atom stereocenters. The van der Waals surface area contributed by atoms with E-state index >= 15 is 0 Å². The summed E-state index contributed by atoms with van der Waals surface area (Å²) in [6.45, 7) is 2.12. The number of urea groups is 1. The van der Waals surface area contributed by atoms with E-state index in [9.17, 15) is 9.59 Å². The zero-order valence-corrected chi connectivity index (χ0v) is 17.1. The summed E-state index contributed by atoms with van der Waals surface area (Å²) in [7, 11) is 1.59. The predicted molar refractivity (Wildman–Crippen MR) is 115 cm³/mol. The standard InChI is InChI=1S/C25H24N2O3/c1-18-13-14-22(30-2)20(15-18)17-27-23(28)25(26-24(27)29,21-11-7-4-8-12-21)16-19-9-5-3-6-10-19/h3-15H,16-17H2,1-2H3,(H,26,29)/t25-/m1/s1. The quantitative estimate of drug-likeness (QED) is 0.631. The van der Waals surface area contributed by atoms with E-state index in [0.717, 1.165) is 22.3 Å². The van der Waals surface area contributed by atoms with Crippen molar-refractivity contribution in [3.8, 4) is 5.75 Å². The van der Waals surface area contributed by atoms with Crippen LogP contribution in [0.4, 0.5) is 4.79 Å². The topological polar surface area (TPSA) is 58.6 Å². The van der Waals surface area contributed by atoms with Crippen LogP contribution >= 0.6 is 0 Å². The minimum absolute atomic E-state index is 0.152. The van der Waals surface area contributed by atoms with E-state index in [1.54, 1.807) is 7.11 Å². The third kappa shape index (κ3) is 3.54. The Morgan fingerprint density at radius 3 is 2.27 bits per heavy atom. The highest BCUT2D eigenvalue weighted by atomic mass is 16.5. The first-order chi connectivity index (χ1) is 14.5. The van der Waals surface area contributed by atoms with Crippen molar-refractivity contribution in [1.29, 1.82) is 0 Å². The molecule has 4 rings (SSSR count). The number of hydrogen-bond acceptors (Lipinski definition) is 3. The second-order valence-corrected chi connectivity index (χ2v) is 7.57. The van der Waals surface area contributed by atoms with Crippen molar-refractivity contribution in [2.75, 3.05) is 7.11 Å². The number of carbonyl (C=O) groups excluding carboxylic acids is 2. The van der Waals surface area contributed by atoms with Gasteiger partial charge in [-0.05, 0) is 24.1 Å². The maximum atomic E-state index is 13.7. The summed E-state index contributed by atoms with van der Waals surface area (Å²) in [5, 5.41) is 3.00. The van der Waals surface area contributed by atoms with Gasteiger partial charge >= 0.3 is 6.03 Å². The van der Waals surface area contributed by atoms with Crippen LogP contribution in [0, 0.1) is 6.92 Å². The number of carbonyl (C=O) groups is 2. The molecule has 0 unspecified atom stereocenters. The van der Waals surface area contributed by atoms with Crippen LogP contribution in [0.1, 0.15) is 22.3 Å². The van der Waals surface area contributed by atoms with E-state index < -0.39 is 11.6 Å². The SMILES string of the molecule is COc1ccc(C)cc1CN1C(=O)N[C@](Cc2ccccc2)(c2ccccc2)C1=O. The number of methoxy groups -OCH3 is 1. The third-order valence-electron chi connectivity index (χ3n) is 5.52. The van der Waals surface area contributed by atoms with Crippen molar-refractivity contribution < 1.29 is 14.3 Å². The Hall–Kier alpha value is -3.60. The normalized spacial score (nSPS) is 18.4. The molecular formula is C25H24N2O3. The molecule has 1 heterocycles. The van der Waals surface area contributed by atoms with Crippen LogP contribution in [0.3, 0.4) is 0 Å². The lowest BCUT2D eigenvalue weighted by Crippen LogP contribution is -2.46. The Bertz CT molecular complexity index is 1070. The van der Waals surface area contributed by atoms with E-state index in [0.29, 0.717) is 12.2 Å². The molecule has 0 aliphatic carbocycles. The second-order valence-electron chi connectivity index (χ2n) is 7.57. The molecule has 30 heavy (non-hydrogen) atoms. The van der Waals surface area contributed by atoms with Crippen LogP contribution < -0.4 is 10.1 Å². The van der Waals surface area contributed by atoms with Gasteiger partial charge in [-0.2, -0.15) is 0 Å². The fourth-order valence-electron chi connectivity index (χ4n) is 4.01. The summed E-state index contributed by atoms with van der Waals surface area (Å²) in [6, 6.07) is 24.5. The average Bonchev–Trinajstić information content (AvgIpc) is 3.00. The Kier molecular flexibility index (Phi) is 5.27. The molecule has 3 aromatic rings. The maximum Gasteiger partial charge on any atom is 0.325 e. The molecule has 0 spiro atoms. The Balaban J connectivity index is 1.73. The smallest absolute Gasteiger partial charge is 0.325 e. The molecule has 0 bridgehead atoms. The number of hydrogen-bond donors (Lipinski definition) is 1. The lowest BCUT2D eigenvalue weighted by Gasteiger charge is -2.27. The van der Waals surface area contributed by atoms with Crippen LogP contribution in [0.2, 0.25) is 0 Å². The first-order valence-electron chi connectivity index (χ1n) is 9.90. The van der Waals surface area contributed by atoms with Crippen molar-refractivity contribution >= 4 is 11.9 Å². The van der Waals surface area contributed by atoms with Gasteiger partial charge in [-0.15, -0.1) is 0 Å². The Morgan fingerprint density at radius 2 is 1.60 bits per heavy atom. The van der Waals surface area contributed by atoms with Gasteiger partial charge in [0, 0.05) is 12.0 Å². The Labute approximate surface area is 176 Å². The number of nitrogens with zero attached hydrogens (tertiary/aromatic N) is 1. The van der Waals surface area contributed by atoms with Gasteiger partial charge in [-0.1, -0.05) is 78.4 Å². The molecule has 0 aromatic heterocycles. The molecule has 1 aliphatic heterocycles. The van der Waals surface area contributed by atoms with E-state index in [2.05, 4.69) is 5.32 Å². The molecule has 5 nitrogen and oxygen atoms in total. The number of aryl methyl sites for hydroxylation is 1. The molecule has 0 saturated carbocycles. The minimum Gasteiger partial charge on any atom is -0.496 e. The lowest BCUT2D eigenvalue weighted by atomic mass is 9.83. The summed E-state index contributed by atoms with van der Waals surface area (Å²) in [4.78, 5) is 28.0. The van der Waals surface area contributed by atoms with E-state index in [4.69, 9.17) is 4.74 Å². The van der Waals surface area contributed by atoms with Crippen molar-refractivity contribution in [2.45, 2.75) is 25.4 Å². The lowest BCUT2D eigenvalue weighted by molar-refractivity contribution is -0.132. The van der Waals surface area contributed by atoms with Gasteiger partial charge in [0.05, 0.1) is 13.7 Å². The maximum absolute atomic E-state index is 13.7. The van der Waals surface area contributed by atoms with Crippen molar-refractivity contribution in [2.24, 2.45) is 0 Å². The molecule has 1 aliphatic rings. The number of imide groups is 1. The zero-order valence-electron chi connectivity index (χ0n) is 17.1. The molecule has 5 heteroatoms. The number of rotatable bonds is 6. The molecule has 1 fully saturated rings. The van der Waals surface area contributed by atoms with Gasteiger partial charge in [0.15, 0.2) is 5.54 Å². The second kappa shape index (κ2) is 8.03. The first-order valence-corrected chi connectivity index (χ1v) is 9.90. The summed E-state index contributed by atoms with van der Waals surface area (Å²) in [5.41, 5.74) is 2.44. The largest absolute Gasteiger partial charge is 0.496 e. The average molecular weight is 400 g/mol. The van der Waals surface area contributed by atoms with Crippen LogP contribution in [0.15, 0.2) is 78.9 Å². The molecule has 0 radical (unpaired) electrons. The van der Waals surface area contributed by atoms with E-state index in [1.165, 1.54) is 4.90 Å². The number of amides is 3. The molecular weight excluding hydrogens is 376 g/mol. The number of nitrogens with one attached hydrogen (secondary N) is 1. The van der Waals surface area contributed by atoms with Gasteiger partial charge < -0.3 is 10.1 Å². The highest BCUT2D eigenvalue weighted by Gasteiger charge is 2.52. The predicted octanol–water partition coefficient (Wildman–Crippen LogP) is 4.19. The van der Waals surface area contributed by atoms with Gasteiger partial charge in [0.1, 0.15) is 5.75 Å². The highest BCUT2D eigenvalue weighted by Crippen LogP contribution is 2.34. The molecule has 1 N–H and O–H groups in total. The van der Waals surface area contributed by atoms with Crippen molar-refractivity contribution in [3.63, 3.8) is 0 Å².